The van der Waals surface area contributed by atoms with E-state index in [1.165, 1.54) is 7.11 Å². The molecule has 1 unspecified atom stereocenters. The molecule has 0 spiro atoms. The van der Waals surface area contributed by atoms with Crippen molar-refractivity contribution >= 4 is 23.7 Å². The third-order valence-electron chi connectivity index (χ3n) is 7.93. The van der Waals surface area contributed by atoms with Crippen LogP contribution < -0.4 is 16.0 Å². The van der Waals surface area contributed by atoms with Gasteiger partial charge >= 0.3 is 5.97 Å². The van der Waals surface area contributed by atoms with Crippen molar-refractivity contribution in [3.8, 4) is 0 Å². The first-order valence-electron chi connectivity index (χ1n) is 13.5. The molecule has 1 saturated heterocycles. The number of hydrogen-bond donors (Lipinski definition) is 3. The van der Waals surface area contributed by atoms with Crippen LogP contribution >= 0.6 is 0 Å². The van der Waals surface area contributed by atoms with Gasteiger partial charge in [-0.2, -0.15) is 0 Å². The number of methoxy groups -OCH3 is 1. The van der Waals surface area contributed by atoms with Crippen LogP contribution in [0.3, 0.4) is 0 Å². The lowest BCUT2D eigenvalue weighted by atomic mass is 9.83. The lowest BCUT2D eigenvalue weighted by molar-refractivity contribution is -0.147. The number of hydrogen-bond acceptors (Lipinski definition) is 6. The fraction of sp³-hybridized carbons (Fsp3) is 0.643. The summed E-state index contributed by atoms with van der Waals surface area (Å²) >= 11 is 0. The molecule has 1 aromatic rings. The molecule has 9 nitrogen and oxygen atoms in total. The summed E-state index contributed by atoms with van der Waals surface area (Å²) in [4.78, 5) is 54.3. The Morgan fingerprint density at radius 1 is 0.946 bits per heavy atom. The highest BCUT2D eigenvalue weighted by molar-refractivity contribution is 5.95. The van der Waals surface area contributed by atoms with E-state index in [1.54, 1.807) is 18.9 Å². The van der Waals surface area contributed by atoms with E-state index >= 15 is 0 Å². The van der Waals surface area contributed by atoms with E-state index in [9.17, 15) is 19.2 Å². The smallest absolute Gasteiger partial charge is 0.328 e. The molecular weight excluding hydrogens is 472 g/mol. The molecule has 0 bridgehead atoms. The zero-order chi connectivity index (χ0) is 26.9. The molecule has 37 heavy (non-hydrogen) atoms. The summed E-state index contributed by atoms with van der Waals surface area (Å²) in [7, 11) is 3.00. The van der Waals surface area contributed by atoms with Crippen LogP contribution in [0.5, 0.6) is 0 Å². The molecule has 3 N–H and O–H groups in total. The molecule has 0 radical (unpaired) electrons. The van der Waals surface area contributed by atoms with Gasteiger partial charge in [-0.25, -0.2) is 4.79 Å². The van der Waals surface area contributed by atoms with E-state index in [2.05, 4.69) is 16.0 Å². The monoisotopic (exact) mass is 514 g/mol. The van der Waals surface area contributed by atoms with Crippen molar-refractivity contribution in [2.45, 2.75) is 88.9 Å². The van der Waals surface area contributed by atoms with Crippen LogP contribution in [-0.2, 0) is 23.9 Å². The minimum Gasteiger partial charge on any atom is -0.467 e. The highest BCUT2D eigenvalue weighted by atomic mass is 16.5. The lowest BCUT2D eigenvalue weighted by Gasteiger charge is -2.35. The Morgan fingerprint density at radius 2 is 1.62 bits per heavy atom. The van der Waals surface area contributed by atoms with Gasteiger partial charge in [0.25, 0.3) is 0 Å². The van der Waals surface area contributed by atoms with E-state index in [0.717, 1.165) is 37.7 Å². The van der Waals surface area contributed by atoms with E-state index in [0.29, 0.717) is 19.4 Å². The van der Waals surface area contributed by atoms with Gasteiger partial charge < -0.3 is 25.6 Å². The molecule has 1 aliphatic heterocycles. The number of carbonyl (C=O) groups is 4. The quantitative estimate of drug-likeness (QED) is 0.412. The van der Waals surface area contributed by atoms with Gasteiger partial charge in [0, 0.05) is 12.5 Å². The summed E-state index contributed by atoms with van der Waals surface area (Å²) < 4.78 is 5.00. The zero-order valence-electron chi connectivity index (χ0n) is 22.5. The second kappa shape index (κ2) is 13.6. The topological polar surface area (TPSA) is 117 Å². The average Bonchev–Trinajstić information content (AvgIpc) is 3.44. The SMILES string of the molecule is CN[C@@H](C)C(=O)N[C@H](C(=O)N1CCC[C@H]1C(=O)N[C@H](C(=O)OC)C(C)c1ccccc1)C1CCCCC1. The Labute approximate surface area is 220 Å². The molecule has 1 saturated carbocycles. The molecule has 3 rings (SSSR count). The summed E-state index contributed by atoms with van der Waals surface area (Å²) in [5.41, 5.74) is 0.899. The maximum atomic E-state index is 13.9. The summed E-state index contributed by atoms with van der Waals surface area (Å²) in [5.74, 6) is -1.63. The van der Waals surface area contributed by atoms with E-state index in [4.69, 9.17) is 4.74 Å². The molecule has 3 amide bonds. The number of likely N-dealkylation sites (N-methyl/N-ethyl adjacent to an activating group) is 1. The molecule has 0 aromatic heterocycles. The van der Waals surface area contributed by atoms with Gasteiger partial charge in [-0.3, -0.25) is 14.4 Å². The molecule has 2 aliphatic rings. The van der Waals surface area contributed by atoms with Gasteiger partial charge in [0.05, 0.1) is 13.2 Å². The van der Waals surface area contributed by atoms with Gasteiger partial charge in [-0.05, 0) is 51.1 Å². The van der Waals surface area contributed by atoms with Gasteiger partial charge in [-0.15, -0.1) is 0 Å². The molecular formula is C28H42N4O5. The van der Waals surface area contributed by atoms with Gasteiger partial charge in [0.1, 0.15) is 18.1 Å². The number of ether oxygens (including phenoxy) is 1. The summed E-state index contributed by atoms with van der Waals surface area (Å²) in [6.07, 6.45) is 6.09. The Bertz CT molecular complexity index is 934. The molecule has 1 aromatic carbocycles. The summed E-state index contributed by atoms with van der Waals surface area (Å²) in [6.45, 7) is 4.06. The molecule has 9 heteroatoms. The molecule has 204 valence electrons. The molecule has 1 heterocycles. The second-order valence-electron chi connectivity index (χ2n) is 10.3. The zero-order valence-corrected chi connectivity index (χ0v) is 22.5. The Morgan fingerprint density at radius 3 is 2.24 bits per heavy atom. The number of esters is 1. The van der Waals surface area contributed by atoms with Crippen LogP contribution in [-0.4, -0.2) is 73.5 Å². The van der Waals surface area contributed by atoms with Crippen molar-refractivity contribution in [2.24, 2.45) is 5.92 Å². The van der Waals surface area contributed by atoms with Crippen LogP contribution in [0.4, 0.5) is 0 Å². The predicted molar refractivity (Wildman–Crippen MR) is 141 cm³/mol. The van der Waals surface area contributed by atoms with Crippen LogP contribution in [0.25, 0.3) is 0 Å². The predicted octanol–water partition coefficient (Wildman–Crippen LogP) is 2.11. The van der Waals surface area contributed by atoms with Crippen LogP contribution in [0.1, 0.15) is 70.3 Å². The van der Waals surface area contributed by atoms with Crippen molar-refractivity contribution in [1.82, 2.24) is 20.9 Å². The van der Waals surface area contributed by atoms with Crippen molar-refractivity contribution in [2.75, 3.05) is 20.7 Å². The van der Waals surface area contributed by atoms with E-state index < -0.39 is 30.1 Å². The van der Waals surface area contributed by atoms with Crippen LogP contribution in [0.2, 0.25) is 0 Å². The fourth-order valence-corrected chi connectivity index (χ4v) is 5.45. The van der Waals surface area contributed by atoms with Gasteiger partial charge in [0.15, 0.2) is 0 Å². The number of amides is 3. The first-order chi connectivity index (χ1) is 17.8. The minimum absolute atomic E-state index is 0.0412. The summed E-state index contributed by atoms with van der Waals surface area (Å²) in [6, 6.07) is 6.78. The number of nitrogens with one attached hydrogen (secondary N) is 3. The maximum absolute atomic E-state index is 13.9. The summed E-state index contributed by atoms with van der Waals surface area (Å²) in [5, 5.41) is 8.78. The normalized spacial score (nSPS) is 21.4. The first-order valence-corrected chi connectivity index (χ1v) is 13.5. The first kappa shape index (κ1) is 28.6. The largest absolute Gasteiger partial charge is 0.467 e. The van der Waals surface area contributed by atoms with E-state index in [-0.39, 0.29) is 29.6 Å². The number of rotatable bonds is 10. The Balaban J connectivity index is 1.78. The van der Waals surface area contributed by atoms with Gasteiger partial charge in [0.2, 0.25) is 17.7 Å². The average molecular weight is 515 g/mol. The minimum atomic E-state index is -0.886. The fourth-order valence-electron chi connectivity index (χ4n) is 5.45. The lowest BCUT2D eigenvalue weighted by Crippen LogP contribution is -2.59. The van der Waals surface area contributed by atoms with Crippen LogP contribution in [0, 0.1) is 5.92 Å². The maximum Gasteiger partial charge on any atom is 0.328 e. The third-order valence-corrected chi connectivity index (χ3v) is 7.93. The number of carbonyl (C=O) groups excluding carboxylic acids is 4. The molecule has 2 fully saturated rings. The number of nitrogens with zero attached hydrogens (tertiary/aromatic N) is 1. The van der Waals surface area contributed by atoms with Crippen molar-refractivity contribution in [3.63, 3.8) is 0 Å². The second-order valence-corrected chi connectivity index (χ2v) is 10.3. The van der Waals surface area contributed by atoms with Crippen molar-refractivity contribution in [3.05, 3.63) is 35.9 Å². The van der Waals surface area contributed by atoms with Crippen molar-refractivity contribution in [1.29, 1.82) is 0 Å². The van der Waals surface area contributed by atoms with Gasteiger partial charge in [-0.1, -0.05) is 56.5 Å². The Hall–Kier alpha value is -2.94. The Kier molecular flexibility index (Phi) is 10.5. The number of benzene rings is 1. The molecule has 5 atom stereocenters. The number of likely N-dealkylation sites (tertiary alicyclic amines) is 1. The van der Waals surface area contributed by atoms with Crippen LogP contribution in [0.15, 0.2) is 30.3 Å². The highest BCUT2D eigenvalue weighted by Crippen LogP contribution is 2.30. The third kappa shape index (κ3) is 7.09. The standard InChI is InChI=1S/C28H42N4O5/c1-18(20-12-7-5-8-13-20)23(28(36)37-4)30-26(34)22-16-11-17-32(22)27(35)24(21-14-9-6-10-15-21)31-25(33)19(2)29-3/h5,7-8,12-13,18-19,21-24,29H,6,9-11,14-17H2,1-4H3,(H,30,34)(H,31,33)/t18?,19-,22-,23-,24-/m0/s1. The molecule has 1 aliphatic carbocycles. The highest BCUT2D eigenvalue weighted by Gasteiger charge is 2.42. The van der Waals surface area contributed by atoms with Crippen molar-refractivity contribution < 1.29 is 23.9 Å². The van der Waals surface area contributed by atoms with E-state index in [1.807, 2.05) is 37.3 Å².